The van der Waals surface area contributed by atoms with E-state index in [-0.39, 0.29) is 0 Å². The Morgan fingerprint density at radius 1 is 1.57 bits per heavy atom. The van der Waals surface area contributed by atoms with Crippen LogP contribution in [0.15, 0.2) is 6.20 Å². The number of aryl methyl sites for hydroxylation is 2. The van der Waals surface area contributed by atoms with Gasteiger partial charge in [0.1, 0.15) is 0 Å². The maximum Gasteiger partial charge on any atom is 0.0666 e. The van der Waals surface area contributed by atoms with E-state index in [1.807, 2.05) is 23.5 Å². The third kappa shape index (κ3) is 3.35. The topological polar surface area (TPSA) is 29.9 Å². The molecule has 1 heterocycles. The number of nitrogens with zero attached hydrogens (tertiary/aromatic N) is 2. The molecule has 3 nitrogen and oxygen atoms in total. The first-order valence-corrected chi connectivity index (χ1v) is 6.38. The van der Waals surface area contributed by atoms with E-state index in [9.17, 15) is 0 Å². The average Bonchev–Trinajstić information content (AvgIpc) is 2.54. The van der Waals surface area contributed by atoms with E-state index in [0.717, 1.165) is 19.5 Å². The summed E-state index contributed by atoms with van der Waals surface area (Å²) in [5.41, 5.74) is 2.54. The van der Waals surface area contributed by atoms with Gasteiger partial charge >= 0.3 is 0 Å². The van der Waals surface area contributed by atoms with Crippen molar-refractivity contribution in [2.45, 2.75) is 19.9 Å². The zero-order chi connectivity index (χ0) is 10.4. The summed E-state index contributed by atoms with van der Waals surface area (Å²) in [5, 5.41) is 7.82. The Morgan fingerprint density at radius 2 is 2.36 bits per heavy atom. The fraction of sp³-hybridized carbons (Fsp3) is 0.700. The Balaban J connectivity index is 2.41. The molecule has 1 aromatic rings. The van der Waals surface area contributed by atoms with E-state index < -0.39 is 0 Å². The van der Waals surface area contributed by atoms with Crippen molar-refractivity contribution in [3.8, 4) is 0 Å². The Kier molecular flexibility index (Phi) is 5.04. The van der Waals surface area contributed by atoms with Crippen molar-refractivity contribution in [3.63, 3.8) is 0 Å². The maximum atomic E-state index is 4.40. The second-order valence-electron chi connectivity index (χ2n) is 3.30. The minimum atomic E-state index is 0.942. The molecule has 1 N–H and O–H groups in total. The number of rotatable bonds is 6. The van der Waals surface area contributed by atoms with E-state index in [4.69, 9.17) is 0 Å². The second-order valence-corrected chi connectivity index (χ2v) is 4.28. The molecule has 0 bridgehead atoms. The van der Waals surface area contributed by atoms with Gasteiger partial charge in [-0.05, 0) is 12.7 Å². The van der Waals surface area contributed by atoms with Crippen LogP contribution in [0.5, 0.6) is 0 Å². The molecular weight excluding hydrogens is 194 g/mol. The molecule has 0 spiro atoms. The smallest absolute Gasteiger partial charge is 0.0666 e. The van der Waals surface area contributed by atoms with Crippen LogP contribution in [0.2, 0.25) is 0 Å². The van der Waals surface area contributed by atoms with Gasteiger partial charge in [0.05, 0.1) is 5.69 Å². The van der Waals surface area contributed by atoms with E-state index in [2.05, 4.69) is 29.8 Å². The number of aromatic nitrogens is 2. The maximum absolute atomic E-state index is 4.40. The molecule has 0 atom stereocenters. The van der Waals surface area contributed by atoms with Crippen molar-refractivity contribution in [1.82, 2.24) is 15.1 Å². The number of nitrogens with one attached hydrogen (secondary N) is 1. The van der Waals surface area contributed by atoms with Crippen LogP contribution in [0.1, 0.15) is 18.2 Å². The van der Waals surface area contributed by atoms with Gasteiger partial charge in [-0.1, -0.05) is 6.92 Å². The summed E-state index contributed by atoms with van der Waals surface area (Å²) in [7, 11) is 1.98. The molecule has 1 aromatic heterocycles. The molecule has 4 heteroatoms. The second kappa shape index (κ2) is 6.09. The van der Waals surface area contributed by atoms with Crippen LogP contribution in [0, 0.1) is 0 Å². The molecule has 0 amide bonds. The van der Waals surface area contributed by atoms with Gasteiger partial charge in [0.2, 0.25) is 0 Å². The lowest BCUT2D eigenvalue weighted by Gasteiger charge is -2.02. The van der Waals surface area contributed by atoms with Crippen LogP contribution in [0.3, 0.4) is 0 Å². The van der Waals surface area contributed by atoms with Gasteiger partial charge in [0.25, 0.3) is 0 Å². The lowest BCUT2D eigenvalue weighted by atomic mass is 10.2. The van der Waals surface area contributed by atoms with Crippen LogP contribution < -0.4 is 5.32 Å². The summed E-state index contributed by atoms with van der Waals surface area (Å²) in [6.45, 7) is 4.16. The minimum Gasteiger partial charge on any atom is -0.312 e. The zero-order valence-corrected chi connectivity index (χ0v) is 10.0. The fourth-order valence-corrected chi connectivity index (χ4v) is 1.77. The average molecular weight is 213 g/mol. The third-order valence-corrected chi connectivity index (χ3v) is 2.74. The van der Waals surface area contributed by atoms with Gasteiger partial charge < -0.3 is 5.32 Å². The lowest BCUT2D eigenvalue weighted by molar-refractivity contribution is 0.725. The summed E-state index contributed by atoms with van der Waals surface area (Å²) in [4.78, 5) is 0. The van der Waals surface area contributed by atoms with Crippen molar-refractivity contribution in [1.29, 1.82) is 0 Å². The molecule has 0 aliphatic heterocycles. The van der Waals surface area contributed by atoms with E-state index in [1.54, 1.807) is 0 Å². The summed E-state index contributed by atoms with van der Waals surface area (Å²) >= 11 is 1.87. The molecular formula is C10H19N3S. The number of thioether (sulfide) groups is 1. The highest BCUT2D eigenvalue weighted by Gasteiger charge is 2.04. The predicted molar refractivity (Wildman–Crippen MR) is 62.7 cm³/mol. The van der Waals surface area contributed by atoms with Gasteiger partial charge in [-0.25, -0.2) is 0 Å². The summed E-state index contributed by atoms with van der Waals surface area (Å²) in [6, 6.07) is 0. The monoisotopic (exact) mass is 213 g/mol. The van der Waals surface area contributed by atoms with Crippen molar-refractivity contribution in [3.05, 3.63) is 17.5 Å². The van der Waals surface area contributed by atoms with E-state index in [1.165, 1.54) is 17.0 Å². The summed E-state index contributed by atoms with van der Waals surface area (Å²) in [6.07, 6.45) is 5.24. The molecule has 0 unspecified atom stereocenters. The van der Waals surface area contributed by atoms with Crippen LogP contribution in [-0.4, -0.2) is 28.3 Å². The van der Waals surface area contributed by atoms with Crippen molar-refractivity contribution >= 4 is 11.8 Å². The Morgan fingerprint density at radius 3 is 3.00 bits per heavy atom. The Hall–Kier alpha value is -0.480. The molecule has 0 aliphatic carbocycles. The molecule has 0 aliphatic rings. The van der Waals surface area contributed by atoms with E-state index in [0.29, 0.717) is 0 Å². The minimum absolute atomic E-state index is 0.942. The molecule has 0 fully saturated rings. The fourth-order valence-electron chi connectivity index (χ4n) is 1.43. The first-order valence-electron chi connectivity index (χ1n) is 4.99. The first-order chi connectivity index (χ1) is 6.77. The van der Waals surface area contributed by atoms with Gasteiger partial charge in [0, 0.05) is 37.7 Å². The van der Waals surface area contributed by atoms with Crippen LogP contribution in [0.25, 0.3) is 0 Å². The highest BCUT2D eigenvalue weighted by Crippen LogP contribution is 2.06. The highest BCUT2D eigenvalue weighted by atomic mass is 32.2. The molecule has 80 valence electrons. The van der Waals surface area contributed by atoms with Gasteiger partial charge in [-0.15, -0.1) is 0 Å². The molecule has 1 rings (SSSR count). The molecule has 0 aromatic carbocycles. The molecule has 14 heavy (non-hydrogen) atoms. The van der Waals surface area contributed by atoms with E-state index >= 15 is 0 Å². The largest absolute Gasteiger partial charge is 0.312 e. The zero-order valence-electron chi connectivity index (χ0n) is 9.21. The number of hydrogen-bond donors (Lipinski definition) is 1. The van der Waals surface area contributed by atoms with Crippen molar-refractivity contribution < 1.29 is 0 Å². The van der Waals surface area contributed by atoms with Crippen LogP contribution >= 0.6 is 11.8 Å². The van der Waals surface area contributed by atoms with Crippen LogP contribution in [0.4, 0.5) is 0 Å². The third-order valence-electron chi connectivity index (χ3n) is 2.13. The highest BCUT2D eigenvalue weighted by molar-refractivity contribution is 7.98. The van der Waals surface area contributed by atoms with Gasteiger partial charge in [0.15, 0.2) is 0 Å². The molecule has 0 saturated heterocycles. The van der Waals surface area contributed by atoms with Crippen molar-refractivity contribution in [2.75, 3.05) is 18.6 Å². The predicted octanol–water partition coefficient (Wildman–Crippen LogP) is 1.44. The molecule has 0 radical (unpaired) electrons. The van der Waals surface area contributed by atoms with Gasteiger partial charge in [-0.3, -0.25) is 4.68 Å². The van der Waals surface area contributed by atoms with Gasteiger partial charge in [-0.2, -0.15) is 16.9 Å². The molecule has 0 saturated carbocycles. The van der Waals surface area contributed by atoms with Crippen molar-refractivity contribution in [2.24, 2.45) is 7.05 Å². The Bertz CT molecular complexity index is 270. The first kappa shape index (κ1) is 11.6. The Labute approximate surface area is 90.3 Å². The summed E-state index contributed by atoms with van der Waals surface area (Å²) in [5.74, 6) is 1.17. The number of hydrogen-bond acceptors (Lipinski definition) is 3. The SMILES string of the molecule is CCc1nn(C)cc1CNCCSC. The normalized spacial score (nSPS) is 10.8. The lowest BCUT2D eigenvalue weighted by Crippen LogP contribution is -2.16. The summed E-state index contributed by atoms with van der Waals surface area (Å²) < 4.78 is 1.89. The van der Waals surface area contributed by atoms with Crippen LogP contribution in [-0.2, 0) is 20.0 Å². The quantitative estimate of drug-likeness (QED) is 0.725. The standard InChI is InChI=1S/C10H19N3S/c1-4-10-9(8-13(2)12-10)7-11-5-6-14-3/h8,11H,4-7H2,1-3H3.